The molecule has 0 spiro atoms. The Balaban J connectivity index is 1.53. The zero-order chi connectivity index (χ0) is 16.1. The van der Waals surface area contributed by atoms with Gasteiger partial charge in [-0.2, -0.15) is 0 Å². The van der Waals surface area contributed by atoms with Crippen LogP contribution in [0.3, 0.4) is 0 Å². The molecule has 5 rings (SSSR count). The number of nitrogens with one attached hydrogen (secondary N) is 1. The second-order valence-corrected chi connectivity index (χ2v) is 8.02. The Morgan fingerprint density at radius 3 is 2.70 bits per heavy atom. The Labute approximate surface area is 137 Å². The maximum absolute atomic E-state index is 12.8. The molecule has 3 N–H and O–H groups in total. The van der Waals surface area contributed by atoms with E-state index in [1.54, 1.807) is 0 Å². The molecule has 1 aromatic rings. The quantitative estimate of drug-likeness (QED) is 0.898. The highest BCUT2D eigenvalue weighted by atomic mass is 16.5. The molecule has 4 aliphatic rings. The third-order valence-electron chi connectivity index (χ3n) is 5.89. The van der Waals surface area contributed by atoms with Crippen molar-refractivity contribution in [2.45, 2.75) is 56.5 Å². The highest BCUT2D eigenvalue weighted by molar-refractivity contribution is 5.95. The first-order valence-corrected chi connectivity index (χ1v) is 8.83. The second-order valence-electron chi connectivity index (χ2n) is 8.02. The van der Waals surface area contributed by atoms with Gasteiger partial charge in [-0.25, -0.2) is 0 Å². The first-order valence-electron chi connectivity index (χ1n) is 8.83. The Morgan fingerprint density at radius 1 is 1.30 bits per heavy atom. The smallest absolute Gasteiger partial charge is 0.251 e. The van der Waals surface area contributed by atoms with Crippen LogP contribution in [0.25, 0.3) is 0 Å². The first kappa shape index (κ1) is 15.0. The summed E-state index contributed by atoms with van der Waals surface area (Å²) in [6.45, 7) is 2.55. The van der Waals surface area contributed by atoms with E-state index in [1.165, 1.54) is 6.42 Å². The Bertz CT molecular complexity index is 614. The van der Waals surface area contributed by atoms with Crippen LogP contribution < -0.4 is 15.8 Å². The van der Waals surface area contributed by atoms with Gasteiger partial charge in [0.05, 0.1) is 6.61 Å². The maximum atomic E-state index is 12.8. The zero-order valence-electron chi connectivity index (χ0n) is 13.8. The number of carbonyl (C=O) groups is 1. The summed E-state index contributed by atoms with van der Waals surface area (Å²) in [6, 6.07) is 7.46. The highest BCUT2D eigenvalue weighted by Crippen LogP contribution is 2.56. The van der Waals surface area contributed by atoms with Crippen molar-refractivity contribution in [3.05, 3.63) is 29.8 Å². The van der Waals surface area contributed by atoms with E-state index in [2.05, 4.69) is 5.32 Å². The van der Waals surface area contributed by atoms with E-state index in [0.717, 1.165) is 37.9 Å². The van der Waals surface area contributed by atoms with E-state index in [1.807, 2.05) is 31.2 Å². The monoisotopic (exact) mass is 314 g/mol. The van der Waals surface area contributed by atoms with E-state index in [-0.39, 0.29) is 17.0 Å². The lowest BCUT2D eigenvalue weighted by Gasteiger charge is -2.61. The summed E-state index contributed by atoms with van der Waals surface area (Å²) in [7, 11) is 0. The van der Waals surface area contributed by atoms with Crippen LogP contribution in [0.4, 0.5) is 0 Å². The van der Waals surface area contributed by atoms with Gasteiger partial charge in [0.1, 0.15) is 5.75 Å². The number of rotatable bonds is 4. The van der Waals surface area contributed by atoms with Crippen molar-refractivity contribution in [1.82, 2.24) is 5.32 Å². The van der Waals surface area contributed by atoms with Gasteiger partial charge in [0.25, 0.3) is 5.91 Å². The van der Waals surface area contributed by atoms with Crippen LogP contribution in [0, 0.1) is 11.8 Å². The van der Waals surface area contributed by atoms with Crippen LogP contribution in [0.5, 0.6) is 5.75 Å². The number of benzene rings is 1. The molecular formula is C19H26N2O2. The van der Waals surface area contributed by atoms with Gasteiger partial charge in [-0.15, -0.1) is 0 Å². The van der Waals surface area contributed by atoms with Crippen molar-refractivity contribution < 1.29 is 9.53 Å². The predicted molar refractivity (Wildman–Crippen MR) is 89.4 cm³/mol. The fraction of sp³-hybridized carbons (Fsp3) is 0.632. The minimum atomic E-state index is -0.0858. The third-order valence-corrected chi connectivity index (χ3v) is 5.89. The van der Waals surface area contributed by atoms with E-state index in [0.29, 0.717) is 24.0 Å². The Hall–Kier alpha value is -1.55. The molecule has 4 saturated carbocycles. The number of hydrogen-bond acceptors (Lipinski definition) is 3. The predicted octanol–water partition coefficient (Wildman–Crippen LogP) is 2.87. The first-order chi connectivity index (χ1) is 11.0. The second kappa shape index (κ2) is 5.23. The standard InChI is InChI=1S/C19H26N2O2/c1-2-23-16-5-3-4-15(7-16)17(22)21-19-10-13-6-14(11-19)9-18(20,8-13)12-19/h3-5,7,13-14H,2,6,8-12,20H2,1H3,(H,21,22). The van der Waals surface area contributed by atoms with Crippen LogP contribution >= 0.6 is 0 Å². The summed E-state index contributed by atoms with van der Waals surface area (Å²) in [6.07, 6.45) is 6.71. The summed E-state index contributed by atoms with van der Waals surface area (Å²) in [5.41, 5.74) is 7.15. The van der Waals surface area contributed by atoms with E-state index < -0.39 is 0 Å². The molecule has 4 heteroatoms. The maximum Gasteiger partial charge on any atom is 0.251 e. The summed E-state index contributed by atoms with van der Waals surface area (Å²) >= 11 is 0. The molecule has 0 radical (unpaired) electrons. The fourth-order valence-corrected chi connectivity index (χ4v) is 5.69. The Morgan fingerprint density at radius 2 is 2.04 bits per heavy atom. The van der Waals surface area contributed by atoms with Crippen molar-refractivity contribution >= 4 is 5.91 Å². The number of amides is 1. The molecule has 4 nitrogen and oxygen atoms in total. The highest BCUT2D eigenvalue weighted by Gasteiger charge is 2.56. The SMILES string of the molecule is CCOc1cccc(C(=O)NC23CC4CC(CC(N)(C4)C2)C3)c1. The molecule has 23 heavy (non-hydrogen) atoms. The van der Waals surface area contributed by atoms with Crippen molar-refractivity contribution in [1.29, 1.82) is 0 Å². The molecule has 2 unspecified atom stereocenters. The molecule has 0 heterocycles. The van der Waals surface area contributed by atoms with Crippen molar-refractivity contribution in [3.8, 4) is 5.75 Å². The number of carbonyl (C=O) groups excluding carboxylic acids is 1. The van der Waals surface area contributed by atoms with Crippen molar-refractivity contribution in [2.24, 2.45) is 17.6 Å². The van der Waals surface area contributed by atoms with Crippen LogP contribution in [-0.2, 0) is 0 Å². The zero-order valence-corrected chi connectivity index (χ0v) is 13.8. The molecule has 1 amide bonds. The summed E-state index contributed by atoms with van der Waals surface area (Å²) in [4.78, 5) is 12.8. The summed E-state index contributed by atoms with van der Waals surface area (Å²) in [5, 5.41) is 3.36. The van der Waals surface area contributed by atoms with Gasteiger partial charge >= 0.3 is 0 Å². The molecule has 0 saturated heterocycles. The van der Waals surface area contributed by atoms with Gasteiger partial charge < -0.3 is 15.8 Å². The molecule has 4 fully saturated rings. The van der Waals surface area contributed by atoms with Crippen molar-refractivity contribution in [3.63, 3.8) is 0 Å². The van der Waals surface area contributed by atoms with E-state index >= 15 is 0 Å². The lowest BCUT2D eigenvalue weighted by atomic mass is 9.50. The van der Waals surface area contributed by atoms with E-state index in [4.69, 9.17) is 10.5 Å². The average molecular weight is 314 g/mol. The van der Waals surface area contributed by atoms with Crippen LogP contribution in [0.1, 0.15) is 55.8 Å². The molecule has 0 aliphatic heterocycles. The molecule has 1 aromatic carbocycles. The van der Waals surface area contributed by atoms with E-state index in [9.17, 15) is 4.79 Å². The molecule has 124 valence electrons. The minimum absolute atomic E-state index is 0.0112. The van der Waals surface area contributed by atoms with Crippen molar-refractivity contribution in [2.75, 3.05) is 6.61 Å². The minimum Gasteiger partial charge on any atom is -0.494 e. The van der Waals surface area contributed by atoms with Crippen LogP contribution in [0.2, 0.25) is 0 Å². The largest absolute Gasteiger partial charge is 0.494 e. The van der Waals surface area contributed by atoms with Crippen LogP contribution in [-0.4, -0.2) is 23.6 Å². The van der Waals surface area contributed by atoms with Gasteiger partial charge in [0.2, 0.25) is 0 Å². The fourth-order valence-electron chi connectivity index (χ4n) is 5.69. The number of ether oxygens (including phenoxy) is 1. The molecule has 2 atom stereocenters. The van der Waals surface area contributed by atoms with Gasteiger partial charge in [-0.05, 0) is 75.5 Å². The molecule has 4 aliphatic carbocycles. The normalized spacial score (nSPS) is 37.7. The van der Waals surface area contributed by atoms with Crippen LogP contribution in [0.15, 0.2) is 24.3 Å². The molecule has 4 bridgehead atoms. The molecule has 0 aromatic heterocycles. The van der Waals surface area contributed by atoms with Gasteiger partial charge in [-0.3, -0.25) is 4.79 Å². The van der Waals surface area contributed by atoms with Gasteiger partial charge in [0.15, 0.2) is 0 Å². The third kappa shape index (κ3) is 2.74. The summed E-state index contributed by atoms with van der Waals surface area (Å²) < 4.78 is 5.51. The van der Waals surface area contributed by atoms with Gasteiger partial charge in [0, 0.05) is 16.6 Å². The summed E-state index contributed by atoms with van der Waals surface area (Å²) in [5.74, 6) is 2.14. The topological polar surface area (TPSA) is 64.3 Å². The number of nitrogens with two attached hydrogens (primary N) is 1. The average Bonchev–Trinajstić information content (AvgIpc) is 2.44. The molecular weight excluding hydrogens is 288 g/mol. The lowest BCUT2D eigenvalue weighted by Crippen LogP contribution is -2.68. The lowest BCUT2D eigenvalue weighted by molar-refractivity contribution is -0.0321. The Kier molecular flexibility index (Phi) is 3.41. The van der Waals surface area contributed by atoms with Gasteiger partial charge in [-0.1, -0.05) is 6.07 Å². The number of hydrogen-bond donors (Lipinski definition) is 2.